The van der Waals surface area contributed by atoms with Crippen molar-refractivity contribution in [3.63, 3.8) is 0 Å². The predicted molar refractivity (Wildman–Crippen MR) is 163 cm³/mol. The van der Waals surface area contributed by atoms with Crippen molar-refractivity contribution in [2.24, 2.45) is 28.2 Å². The molecule has 8 nitrogen and oxygen atoms in total. The van der Waals surface area contributed by atoms with E-state index in [0.717, 1.165) is 37.7 Å². The Morgan fingerprint density at radius 3 is 2.79 bits per heavy atom. The van der Waals surface area contributed by atoms with Gasteiger partial charge in [0.05, 0.1) is 42.7 Å². The monoisotopic (exact) mass is 575 g/mol. The van der Waals surface area contributed by atoms with Gasteiger partial charge in [0.25, 0.3) is 5.56 Å². The number of nitrogens with zero attached hydrogens (tertiary/aromatic N) is 4. The number of aliphatic hydroxyl groups excluding tert-OH is 1. The molecule has 2 aromatic carbocycles. The van der Waals surface area contributed by atoms with E-state index in [9.17, 15) is 14.3 Å². The molecule has 1 saturated heterocycles. The molecule has 1 aromatic heterocycles. The van der Waals surface area contributed by atoms with Gasteiger partial charge in [-0.2, -0.15) is 0 Å². The molecule has 0 unspecified atom stereocenters. The fourth-order valence-electron chi connectivity index (χ4n) is 7.59. The Kier molecular flexibility index (Phi) is 7.72. The second-order valence-electron chi connectivity index (χ2n) is 13.0. The number of aliphatic hydroxyl groups is 1. The van der Waals surface area contributed by atoms with Crippen molar-refractivity contribution in [3.05, 3.63) is 64.5 Å². The number of benzene rings is 2. The van der Waals surface area contributed by atoms with E-state index in [1.807, 2.05) is 12.1 Å². The molecule has 0 radical (unpaired) electrons. The smallest absolute Gasteiger partial charge is 0.261 e. The lowest BCUT2D eigenvalue weighted by Gasteiger charge is -2.62. The van der Waals surface area contributed by atoms with Gasteiger partial charge >= 0.3 is 0 Å². The molecule has 9 heteroatoms. The van der Waals surface area contributed by atoms with Crippen LogP contribution in [0.2, 0.25) is 0 Å². The number of ether oxygens (including phenoxy) is 1. The fourth-order valence-corrected chi connectivity index (χ4v) is 7.59. The number of methoxy groups -OCH3 is 1. The Bertz CT molecular complexity index is 1550. The van der Waals surface area contributed by atoms with Gasteiger partial charge < -0.3 is 20.1 Å². The third kappa shape index (κ3) is 5.16. The molecule has 0 amide bonds. The van der Waals surface area contributed by atoms with Gasteiger partial charge in [-0.1, -0.05) is 26.8 Å². The Balaban J connectivity index is 1.24. The lowest BCUT2D eigenvalue weighted by Crippen LogP contribution is -2.62. The van der Waals surface area contributed by atoms with Gasteiger partial charge in [-0.15, -0.1) is 0 Å². The van der Waals surface area contributed by atoms with Crippen LogP contribution in [0.25, 0.3) is 10.9 Å². The second-order valence-corrected chi connectivity index (χ2v) is 13.0. The highest BCUT2D eigenvalue weighted by Gasteiger charge is 2.56. The number of aliphatic imine (C=N–C) groups is 1. The number of fused-ring (bicyclic) bond motifs is 3. The van der Waals surface area contributed by atoms with Gasteiger partial charge in [-0.3, -0.25) is 9.36 Å². The van der Waals surface area contributed by atoms with Crippen LogP contribution < -0.4 is 15.6 Å². The summed E-state index contributed by atoms with van der Waals surface area (Å²) in [5.41, 5.74) is 2.04. The molecule has 4 fully saturated rings. The lowest BCUT2D eigenvalue weighted by molar-refractivity contribution is -0.112. The van der Waals surface area contributed by atoms with Gasteiger partial charge in [0, 0.05) is 25.2 Å². The highest BCUT2D eigenvalue weighted by Crippen LogP contribution is 2.61. The third-order valence-electron chi connectivity index (χ3n) is 10.5. The molecule has 1 aliphatic heterocycles. The van der Waals surface area contributed by atoms with Crippen molar-refractivity contribution in [2.45, 2.75) is 71.5 Å². The molecule has 7 rings (SSSR count). The molecule has 5 atom stereocenters. The summed E-state index contributed by atoms with van der Waals surface area (Å²) in [5, 5.41) is 14.4. The highest BCUT2D eigenvalue weighted by atomic mass is 19.1. The highest BCUT2D eigenvalue weighted by molar-refractivity contribution is 5.86. The minimum atomic E-state index is -0.354. The Morgan fingerprint density at radius 1 is 1.24 bits per heavy atom. The first kappa shape index (κ1) is 28.6. The Labute approximate surface area is 246 Å². The van der Waals surface area contributed by atoms with Crippen LogP contribution in [0.1, 0.15) is 52.0 Å². The lowest BCUT2D eigenvalue weighted by atomic mass is 9.45. The summed E-state index contributed by atoms with van der Waals surface area (Å²) in [6.45, 7) is 8.43. The zero-order valence-electron chi connectivity index (χ0n) is 25.0. The van der Waals surface area contributed by atoms with Gasteiger partial charge in [0.1, 0.15) is 11.6 Å². The predicted octanol–water partition coefficient (Wildman–Crippen LogP) is 4.89. The summed E-state index contributed by atoms with van der Waals surface area (Å²) in [4.78, 5) is 25.1. The first-order valence-corrected chi connectivity index (χ1v) is 15.2. The zero-order valence-corrected chi connectivity index (χ0v) is 25.0. The van der Waals surface area contributed by atoms with Crippen LogP contribution in [-0.2, 0) is 13.0 Å². The van der Waals surface area contributed by atoms with Gasteiger partial charge in [-0.05, 0) is 85.1 Å². The Hall–Kier alpha value is -3.46. The largest absolute Gasteiger partial charge is 0.497 e. The zero-order chi connectivity index (χ0) is 29.6. The first-order valence-electron chi connectivity index (χ1n) is 15.2. The number of aryl methyl sites for hydroxylation is 2. The first-order chi connectivity index (χ1) is 20.2. The van der Waals surface area contributed by atoms with E-state index in [1.54, 1.807) is 18.2 Å². The van der Waals surface area contributed by atoms with Crippen molar-refractivity contribution >= 4 is 22.5 Å². The molecule has 2 heterocycles. The number of guanidine groups is 1. The SMILES string of the molecule is COc1ccc(CCn2cnc3cc(N=C(N[C@H]4C[C@H]5C[C@H]([C@H]4C)C5(C)C)N4CCC[C@H]4CO)ccc3c2=O)c(F)c1. The van der Waals surface area contributed by atoms with Crippen molar-refractivity contribution in [1.29, 1.82) is 0 Å². The molecule has 3 aromatic rings. The number of hydrogen-bond donors (Lipinski definition) is 2. The maximum absolute atomic E-state index is 14.4. The Morgan fingerprint density at radius 2 is 2.07 bits per heavy atom. The maximum Gasteiger partial charge on any atom is 0.261 e. The fraction of sp³-hybridized carbons (Fsp3) is 0.545. The van der Waals surface area contributed by atoms with Crippen LogP contribution in [0.5, 0.6) is 5.75 Å². The van der Waals surface area contributed by atoms with Gasteiger partial charge in [0.15, 0.2) is 5.96 Å². The molecule has 42 heavy (non-hydrogen) atoms. The minimum Gasteiger partial charge on any atom is -0.497 e. The van der Waals surface area contributed by atoms with Crippen LogP contribution >= 0.6 is 0 Å². The summed E-state index contributed by atoms with van der Waals surface area (Å²) in [5.74, 6) is 2.87. The minimum absolute atomic E-state index is 0.0439. The average molecular weight is 576 g/mol. The van der Waals surface area contributed by atoms with Crippen molar-refractivity contribution in [2.75, 3.05) is 20.3 Å². The van der Waals surface area contributed by atoms with Crippen molar-refractivity contribution < 1.29 is 14.2 Å². The molecule has 224 valence electrons. The number of nitrogens with one attached hydrogen (secondary N) is 1. The average Bonchev–Trinajstić information content (AvgIpc) is 3.46. The molecule has 3 aliphatic carbocycles. The summed E-state index contributed by atoms with van der Waals surface area (Å²) in [7, 11) is 1.50. The van der Waals surface area contributed by atoms with Crippen LogP contribution in [0.4, 0.5) is 10.1 Å². The van der Waals surface area contributed by atoms with E-state index in [2.05, 4.69) is 36.0 Å². The number of halogens is 1. The number of rotatable bonds is 7. The molecule has 2 bridgehead atoms. The quantitative estimate of drug-likeness (QED) is 0.308. The third-order valence-corrected chi connectivity index (χ3v) is 10.5. The van der Waals surface area contributed by atoms with E-state index in [0.29, 0.717) is 64.2 Å². The summed E-state index contributed by atoms with van der Waals surface area (Å²) >= 11 is 0. The summed E-state index contributed by atoms with van der Waals surface area (Å²) in [6, 6.07) is 10.6. The van der Waals surface area contributed by atoms with Crippen LogP contribution in [0, 0.1) is 29.0 Å². The van der Waals surface area contributed by atoms with E-state index in [-0.39, 0.29) is 24.0 Å². The van der Waals surface area contributed by atoms with Crippen molar-refractivity contribution in [1.82, 2.24) is 19.8 Å². The standard InChI is InChI=1S/C33H42FN5O3/c1-20-27-14-22(33(27,2)3)15-29(20)37-32(39-12-5-6-24(39)18-40)36-23-8-10-26-30(16-23)35-19-38(31(26)41)13-11-21-7-9-25(42-4)17-28(21)34/h7-10,16-17,19-20,22,24,27,29,40H,5-6,11-15,18H2,1-4H3,(H,36,37)/t20-,22-,24+,27-,29+/m1/s1. The number of aromatic nitrogens is 2. The molecule has 4 aliphatic rings. The number of likely N-dealkylation sites (tertiary alicyclic amines) is 1. The van der Waals surface area contributed by atoms with Crippen LogP contribution in [0.3, 0.4) is 0 Å². The molecule has 2 N–H and O–H groups in total. The van der Waals surface area contributed by atoms with Crippen molar-refractivity contribution in [3.8, 4) is 5.75 Å². The second kappa shape index (κ2) is 11.3. The van der Waals surface area contributed by atoms with E-state index in [1.165, 1.54) is 30.5 Å². The molecular weight excluding hydrogens is 533 g/mol. The van der Waals surface area contributed by atoms with E-state index < -0.39 is 0 Å². The van der Waals surface area contributed by atoms with E-state index >= 15 is 0 Å². The summed E-state index contributed by atoms with van der Waals surface area (Å²) in [6.07, 6.45) is 6.28. The van der Waals surface area contributed by atoms with E-state index in [4.69, 9.17) is 9.73 Å². The van der Waals surface area contributed by atoms with Crippen LogP contribution in [-0.4, -0.2) is 57.9 Å². The maximum atomic E-state index is 14.4. The van der Waals surface area contributed by atoms with Gasteiger partial charge in [0.2, 0.25) is 0 Å². The molecule has 0 spiro atoms. The van der Waals surface area contributed by atoms with Crippen LogP contribution in [0.15, 0.2) is 52.5 Å². The molecular formula is C33H42FN5O3. The molecule has 3 saturated carbocycles. The topological polar surface area (TPSA) is 92.0 Å². The normalized spacial score (nSPS) is 26.8. The number of hydrogen-bond acceptors (Lipinski definition) is 5. The van der Waals surface area contributed by atoms with Gasteiger partial charge in [-0.25, -0.2) is 14.4 Å². The summed E-state index contributed by atoms with van der Waals surface area (Å²) < 4.78 is 21.0.